The quantitative estimate of drug-likeness (QED) is 0.154. The molecule has 3 aromatic carbocycles. The second-order valence-electron chi connectivity index (χ2n) is 9.75. The summed E-state index contributed by atoms with van der Waals surface area (Å²) in [6, 6.07) is 20.1. The Hall–Kier alpha value is -3.68. The van der Waals surface area contributed by atoms with E-state index in [2.05, 4.69) is 14.9 Å². The van der Waals surface area contributed by atoms with E-state index in [0.29, 0.717) is 43.3 Å². The summed E-state index contributed by atoms with van der Waals surface area (Å²) < 4.78 is 36.4. The number of nitrogens with two attached hydrogens (primary N) is 1. The van der Waals surface area contributed by atoms with Crippen molar-refractivity contribution in [2.24, 2.45) is 5.73 Å². The van der Waals surface area contributed by atoms with Crippen LogP contribution in [0.3, 0.4) is 0 Å². The molecule has 214 valence electrons. The van der Waals surface area contributed by atoms with Gasteiger partial charge in [-0.3, -0.25) is 15.1 Å². The number of thiazole rings is 1. The number of ether oxygens (including phenoxy) is 1. The molecular weight excluding hydrogens is 560 g/mol. The van der Waals surface area contributed by atoms with Gasteiger partial charge >= 0.3 is 0 Å². The second kappa shape index (κ2) is 12.9. The van der Waals surface area contributed by atoms with E-state index in [1.165, 1.54) is 23.5 Å². The molecule has 0 aliphatic carbocycles. The summed E-state index contributed by atoms with van der Waals surface area (Å²) >= 11 is 1.42. The molecular formula is C29H32N6O4S2. The van der Waals surface area contributed by atoms with Gasteiger partial charge in [0, 0.05) is 37.3 Å². The molecule has 0 saturated carbocycles. The highest BCUT2D eigenvalue weighted by atomic mass is 32.2. The molecule has 5 rings (SSSR count). The summed E-state index contributed by atoms with van der Waals surface area (Å²) in [5.74, 6) is -0.400. The Labute approximate surface area is 243 Å². The number of sulfonamides is 1. The van der Waals surface area contributed by atoms with Crippen molar-refractivity contribution in [3.05, 3.63) is 94.5 Å². The van der Waals surface area contributed by atoms with Crippen LogP contribution in [0.4, 0.5) is 0 Å². The van der Waals surface area contributed by atoms with E-state index in [4.69, 9.17) is 20.9 Å². The van der Waals surface area contributed by atoms with Crippen molar-refractivity contribution in [2.45, 2.75) is 17.4 Å². The van der Waals surface area contributed by atoms with E-state index in [0.717, 1.165) is 28.9 Å². The van der Waals surface area contributed by atoms with Crippen molar-refractivity contribution in [3.8, 4) is 0 Å². The van der Waals surface area contributed by atoms with Gasteiger partial charge in [0.25, 0.3) is 5.91 Å². The maximum atomic E-state index is 13.7. The van der Waals surface area contributed by atoms with Gasteiger partial charge in [-0.2, -0.15) is 0 Å². The number of benzene rings is 3. The third kappa shape index (κ3) is 7.34. The Morgan fingerprint density at radius 3 is 2.59 bits per heavy atom. The minimum atomic E-state index is -4.04. The number of morpholine rings is 1. The lowest BCUT2D eigenvalue weighted by atomic mass is 10.0. The largest absolute Gasteiger partial charge is 0.384 e. The molecule has 0 spiro atoms. The van der Waals surface area contributed by atoms with Gasteiger partial charge in [-0.25, -0.2) is 18.1 Å². The Kier molecular flexibility index (Phi) is 9.06. The first-order valence-electron chi connectivity index (χ1n) is 13.3. The number of carbonyl (C=O) groups excluding carboxylic acids is 1. The maximum absolute atomic E-state index is 13.7. The van der Waals surface area contributed by atoms with Crippen molar-refractivity contribution in [3.63, 3.8) is 0 Å². The van der Waals surface area contributed by atoms with Crippen molar-refractivity contribution in [1.82, 2.24) is 19.9 Å². The van der Waals surface area contributed by atoms with E-state index in [1.807, 2.05) is 30.3 Å². The van der Waals surface area contributed by atoms with Gasteiger partial charge in [-0.15, -0.1) is 11.3 Å². The van der Waals surface area contributed by atoms with Gasteiger partial charge in [0.05, 0.1) is 34.4 Å². The van der Waals surface area contributed by atoms with Crippen LogP contribution in [0.15, 0.2) is 77.7 Å². The maximum Gasteiger partial charge on any atom is 0.251 e. The summed E-state index contributed by atoms with van der Waals surface area (Å²) in [6.07, 6.45) is 0.294. The van der Waals surface area contributed by atoms with Gasteiger partial charge in [-0.1, -0.05) is 36.4 Å². The molecule has 2 heterocycles. The van der Waals surface area contributed by atoms with Crippen molar-refractivity contribution >= 4 is 43.3 Å². The lowest BCUT2D eigenvalue weighted by Gasteiger charge is -2.26. The summed E-state index contributed by atoms with van der Waals surface area (Å²) in [6.45, 7) is 4.16. The first-order valence-corrected chi connectivity index (χ1v) is 15.6. The predicted octanol–water partition coefficient (Wildman–Crippen LogP) is 2.90. The Morgan fingerprint density at radius 2 is 1.80 bits per heavy atom. The Bertz CT molecular complexity index is 1620. The van der Waals surface area contributed by atoms with E-state index < -0.39 is 16.1 Å². The third-order valence-corrected chi connectivity index (χ3v) is 9.43. The lowest BCUT2D eigenvalue weighted by molar-refractivity contribution is 0.0383. The van der Waals surface area contributed by atoms with Crippen molar-refractivity contribution < 1.29 is 17.9 Å². The van der Waals surface area contributed by atoms with Gasteiger partial charge < -0.3 is 15.8 Å². The van der Waals surface area contributed by atoms with E-state index >= 15 is 0 Å². The molecule has 1 aromatic heterocycles. The molecule has 1 fully saturated rings. The van der Waals surface area contributed by atoms with Crippen molar-refractivity contribution in [1.29, 1.82) is 5.41 Å². The van der Waals surface area contributed by atoms with Crippen LogP contribution >= 0.6 is 11.3 Å². The number of amides is 1. The molecule has 4 aromatic rings. The molecule has 10 nitrogen and oxygen atoms in total. The summed E-state index contributed by atoms with van der Waals surface area (Å²) in [5.41, 5.74) is 8.09. The highest BCUT2D eigenvalue weighted by molar-refractivity contribution is 7.89. The summed E-state index contributed by atoms with van der Waals surface area (Å²) in [5, 5.41) is 11.3. The fourth-order valence-corrected chi connectivity index (χ4v) is 6.97. The standard InChI is InChI=1S/C29H32N6O4S2/c30-27(31)21-6-3-5-20(17-21)18-25(29-33-24-9-1-2-10-26(24)40-29)34-41(37,38)23-8-4-7-22(19-23)28(36)32-11-12-35-13-15-39-16-14-35/h1-10,17,19,25,34H,11-16,18H2,(H3,30,31)(H,32,36). The second-order valence-corrected chi connectivity index (χ2v) is 12.5. The first-order chi connectivity index (χ1) is 19.8. The third-order valence-electron chi connectivity index (χ3n) is 6.81. The van der Waals surface area contributed by atoms with Gasteiger partial charge in [0.2, 0.25) is 10.0 Å². The number of hydrogen-bond acceptors (Lipinski definition) is 8. The zero-order chi connectivity index (χ0) is 28.8. The number of nitrogen functional groups attached to an aromatic ring is 1. The molecule has 0 radical (unpaired) electrons. The normalized spacial score (nSPS) is 15.0. The van der Waals surface area contributed by atoms with Crippen LogP contribution < -0.4 is 15.8 Å². The molecule has 1 saturated heterocycles. The highest BCUT2D eigenvalue weighted by Crippen LogP contribution is 2.30. The fraction of sp³-hybridized carbons (Fsp3) is 0.276. The summed E-state index contributed by atoms with van der Waals surface area (Å²) in [7, 11) is -4.04. The first kappa shape index (κ1) is 28.8. The number of nitrogens with zero attached hydrogens (tertiary/aromatic N) is 2. The molecule has 1 unspecified atom stereocenters. The SMILES string of the molecule is N=C(N)c1cccc(CC(NS(=O)(=O)c2cccc(C(=O)NCCN3CCOCC3)c2)c2nc3ccccc3s2)c1. The average Bonchev–Trinajstić information content (AvgIpc) is 3.42. The number of para-hydroxylation sites is 1. The van der Waals surface area contributed by atoms with Crippen LogP contribution in [0, 0.1) is 5.41 Å². The molecule has 1 amide bonds. The zero-order valence-electron chi connectivity index (χ0n) is 22.4. The highest BCUT2D eigenvalue weighted by Gasteiger charge is 2.25. The molecule has 5 N–H and O–H groups in total. The van der Waals surface area contributed by atoms with E-state index in [9.17, 15) is 13.2 Å². The minimum Gasteiger partial charge on any atom is -0.384 e. The van der Waals surface area contributed by atoms with Gasteiger partial charge in [0.1, 0.15) is 10.8 Å². The van der Waals surface area contributed by atoms with Crippen LogP contribution in [0.5, 0.6) is 0 Å². The minimum absolute atomic E-state index is 0.0121. The molecule has 12 heteroatoms. The van der Waals surface area contributed by atoms with Crippen molar-refractivity contribution in [2.75, 3.05) is 39.4 Å². The topological polar surface area (TPSA) is 150 Å². The molecule has 1 aliphatic heterocycles. The summed E-state index contributed by atoms with van der Waals surface area (Å²) in [4.78, 5) is 19.7. The number of aromatic nitrogens is 1. The number of nitrogens with one attached hydrogen (secondary N) is 3. The molecule has 0 bridgehead atoms. The number of amidine groups is 1. The van der Waals surface area contributed by atoms with Crippen LogP contribution in [-0.4, -0.2) is 69.4 Å². The predicted molar refractivity (Wildman–Crippen MR) is 160 cm³/mol. The number of fused-ring (bicyclic) bond motifs is 1. The number of carbonyl (C=O) groups is 1. The Morgan fingerprint density at radius 1 is 1.05 bits per heavy atom. The molecule has 1 atom stereocenters. The van der Waals surface area contributed by atoms with Crippen LogP contribution in [0.25, 0.3) is 10.2 Å². The van der Waals surface area contributed by atoms with Crippen LogP contribution in [0.1, 0.15) is 32.5 Å². The molecule has 41 heavy (non-hydrogen) atoms. The lowest BCUT2D eigenvalue weighted by Crippen LogP contribution is -2.41. The van der Waals surface area contributed by atoms with Gasteiger partial charge in [-0.05, 0) is 48.4 Å². The smallest absolute Gasteiger partial charge is 0.251 e. The number of rotatable bonds is 11. The van der Waals surface area contributed by atoms with Crippen LogP contribution in [0.2, 0.25) is 0 Å². The van der Waals surface area contributed by atoms with E-state index in [-0.39, 0.29) is 22.2 Å². The van der Waals surface area contributed by atoms with E-state index in [1.54, 1.807) is 30.3 Å². The van der Waals surface area contributed by atoms with Crippen LogP contribution in [-0.2, 0) is 21.2 Å². The Balaban J connectivity index is 1.36. The van der Waals surface area contributed by atoms with Gasteiger partial charge in [0.15, 0.2) is 0 Å². The molecule has 1 aliphatic rings. The monoisotopic (exact) mass is 592 g/mol. The number of hydrogen-bond donors (Lipinski definition) is 4. The average molecular weight is 593 g/mol. The zero-order valence-corrected chi connectivity index (χ0v) is 24.0. The fourth-order valence-electron chi connectivity index (χ4n) is 4.63.